The number of unbranched alkanes of at least 4 members (excludes halogenated alkanes) is 44. The molecule has 0 fully saturated rings. The third kappa shape index (κ3) is 67.9. The predicted octanol–water partition coefficient (Wildman–Crippen LogP) is 22.7. The number of aliphatic hydroxyl groups excluding tert-OH is 1. The summed E-state index contributed by atoms with van der Waals surface area (Å²) in [6.07, 6.45) is 57.1. The number of phosphoric acid groups is 2. The summed E-state index contributed by atoms with van der Waals surface area (Å²) in [5.41, 5.74) is 0. The zero-order valence-corrected chi connectivity index (χ0v) is 64.5. The molecule has 17 nitrogen and oxygen atoms in total. The minimum Gasteiger partial charge on any atom is -0.462 e. The van der Waals surface area contributed by atoms with Gasteiger partial charge < -0.3 is 33.8 Å². The number of phosphoric ester groups is 2. The molecule has 0 aromatic rings. The lowest BCUT2D eigenvalue weighted by molar-refractivity contribution is -0.161. The predicted molar refractivity (Wildman–Crippen MR) is 391 cm³/mol. The second-order valence-corrected chi connectivity index (χ2v) is 31.1. The topological polar surface area (TPSA) is 237 Å². The van der Waals surface area contributed by atoms with E-state index in [4.69, 9.17) is 37.0 Å². The van der Waals surface area contributed by atoms with Crippen LogP contribution in [0.5, 0.6) is 0 Å². The molecule has 19 heteroatoms. The second kappa shape index (κ2) is 68.8. The minimum atomic E-state index is -4.96. The Kier molecular flexibility index (Phi) is 67.4. The first-order valence-electron chi connectivity index (χ1n) is 40.1. The Morgan fingerprint density at radius 1 is 0.292 bits per heavy atom. The fourth-order valence-corrected chi connectivity index (χ4v) is 13.3. The van der Waals surface area contributed by atoms with Gasteiger partial charge in [0.05, 0.1) is 26.4 Å². The Morgan fingerprint density at radius 3 is 0.740 bits per heavy atom. The highest BCUT2D eigenvalue weighted by Crippen LogP contribution is 2.45. The van der Waals surface area contributed by atoms with Gasteiger partial charge in [0, 0.05) is 25.7 Å². The number of hydrogen-bond donors (Lipinski definition) is 3. The van der Waals surface area contributed by atoms with Crippen molar-refractivity contribution in [3.63, 3.8) is 0 Å². The molecule has 0 spiro atoms. The Hall–Kier alpha value is -1.94. The largest absolute Gasteiger partial charge is 0.472 e. The molecule has 0 heterocycles. The second-order valence-electron chi connectivity index (χ2n) is 28.2. The van der Waals surface area contributed by atoms with Crippen LogP contribution in [0.1, 0.15) is 401 Å². The first-order valence-corrected chi connectivity index (χ1v) is 43.1. The molecule has 0 radical (unpaired) electrons. The van der Waals surface area contributed by atoms with Crippen LogP contribution < -0.4 is 0 Å². The van der Waals surface area contributed by atoms with E-state index in [1.54, 1.807) is 0 Å². The SMILES string of the molecule is CCCCCCCCCCC(=O)OC[C@H](COP(=O)(O)OC[C@H](O)COP(=O)(O)OC[C@@H](COC(=O)CCCCCCCCCCCCCCCCC(C)CC)OC(=O)CCCCCCCCCCCCCCCCCCCCC(C)CC)OC(=O)CCCCCCCCCC. The highest BCUT2D eigenvalue weighted by atomic mass is 31.2. The monoisotopic (exact) mass is 1410 g/mol. The van der Waals surface area contributed by atoms with Gasteiger partial charge in [0.15, 0.2) is 12.2 Å². The molecule has 0 saturated carbocycles. The average Bonchev–Trinajstić information content (AvgIpc) is 1.27. The Balaban J connectivity index is 5.14. The van der Waals surface area contributed by atoms with E-state index in [9.17, 15) is 43.2 Å². The summed E-state index contributed by atoms with van der Waals surface area (Å²) in [5.74, 6) is -0.400. The van der Waals surface area contributed by atoms with E-state index in [0.29, 0.717) is 25.7 Å². The molecule has 4 unspecified atom stereocenters. The molecule has 0 aromatic carbocycles. The van der Waals surface area contributed by atoms with Crippen LogP contribution in [0.15, 0.2) is 0 Å². The summed E-state index contributed by atoms with van der Waals surface area (Å²) in [5, 5.41) is 10.6. The van der Waals surface area contributed by atoms with Crippen LogP contribution >= 0.6 is 15.6 Å². The third-order valence-corrected chi connectivity index (χ3v) is 20.6. The van der Waals surface area contributed by atoms with Crippen molar-refractivity contribution in [2.45, 2.75) is 419 Å². The fraction of sp³-hybridized carbons (Fsp3) is 0.948. The molecule has 0 rings (SSSR count). The summed E-state index contributed by atoms with van der Waals surface area (Å²) in [4.78, 5) is 72.6. The summed E-state index contributed by atoms with van der Waals surface area (Å²) in [7, 11) is -9.90. The summed E-state index contributed by atoms with van der Waals surface area (Å²) in [6, 6.07) is 0. The first kappa shape index (κ1) is 94.1. The van der Waals surface area contributed by atoms with Crippen LogP contribution in [-0.2, 0) is 65.4 Å². The van der Waals surface area contributed by atoms with Crippen LogP contribution in [0.4, 0.5) is 0 Å². The van der Waals surface area contributed by atoms with Gasteiger partial charge in [-0.05, 0) is 37.5 Å². The molecule has 570 valence electrons. The van der Waals surface area contributed by atoms with Crippen molar-refractivity contribution in [1.82, 2.24) is 0 Å². The minimum absolute atomic E-state index is 0.105. The van der Waals surface area contributed by atoms with Crippen molar-refractivity contribution in [3.8, 4) is 0 Å². The zero-order chi connectivity index (χ0) is 70.7. The number of ether oxygens (including phenoxy) is 4. The lowest BCUT2D eigenvalue weighted by Gasteiger charge is -2.21. The summed E-state index contributed by atoms with van der Waals surface area (Å²) < 4.78 is 68.3. The molecule has 0 aliphatic rings. The third-order valence-electron chi connectivity index (χ3n) is 18.7. The van der Waals surface area contributed by atoms with E-state index >= 15 is 0 Å². The Labute approximate surface area is 588 Å². The molecule has 0 aromatic heterocycles. The van der Waals surface area contributed by atoms with Gasteiger partial charge in [-0.1, -0.05) is 350 Å². The highest BCUT2D eigenvalue weighted by Gasteiger charge is 2.30. The van der Waals surface area contributed by atoms with Crippen molar-refractivity contribution in [1.29, 1.82) is 0 Å². The van der Waals surface area contributed by atoms with Crippen LogP contribution in [0, 0.1) is 11.8 Å². The molecule has 3 N–H and O–H groups in total. The summed E-state index contributed by atoms with van der Waals surface area (Å²) >= 11 is 0. The highest BCUT2D eigenvalue weighted by molar-refractivity contribution is 7.47. The van der Waals surface area contributed by atoms with Gasteiger partial charge >= 0.3 is 39.5 Å². The average molecular weight is 1410 g/mol. The van der Waals surface area contributed by atoms with Gasteiger partial charge in [-0.2, -0.15) is 0 Å². The van der Waals surface area contributed by atoms with Crippen LogP contribution in [0.25, 0.3) is 0 Å². The van der Waals surface area contributed by atoms with Crippen LogP contribution in [0.3, 0.4) is 0 Å². The molecular formula is C77H150O17P2. The van der Waals surface area contributed by atoms with Crippen molar-refractivity contribution in [2.75, 3.05) is 39.6 Å². The van der Waals surface area contributed by atoms with Crippen LogP contribution in [0.2, 0.25) is 0 Å². The van der Waals surface area contributed by atoms with E-state index in [-0.39, 0.29) is 25.7 Å². The zero-order valence-electron chi connectivity index (χ0n) is 62.7. The number of carbonyl (C=O) groups is 4. The lowest BCUT2D eigenvalue weighted by atomic mass is 9.99. The van der Waals surface area contributed by atoms with Gasteiger partial charge in [0.1, 0.15) is 19.3 Å². The molecular weight excluding hydrogens is 1260 g/mol. The van der Waals surface area contributed by atoms with Crippen molar-refractivity contribution < 1.29 is 80.2 Å². The number of carbonyl (C=O) groups excluding carboxylic acids is 4. The number of aliphatic hydroxyl groups is 1. The van der Waals surface area contributed by atoms with E-state index in [0.717, 1.165) is 115 Å². The Bertz CT molecular complexity index is 1860. The normalized spacial score (nSPS) is 14.6. The quantitative estimate of drug-likeness (QED) is 0.0222. The number of hydrogen-bond acceptors (Lipinski definition) is 15. The molecule has 0 bridgehead atoms. The molecule has 0 saturated heterocycles. The maximum Gasteiger partial charge on any atom is 0.472 e. The standard InChI is InChI=1S/C77H150O17P2/c1-7-11-13-15-17-41-47-53-59-74(79)87-65-72(93-76(81)61-55-49-42-18-16-14-12-8-2)67-91-95(83,84)89-63-71(78)64-90-96(85,86)92-68-73(66-88-75(80)60-54-48-43-37-33-29-26-25-28-32-36-40-46-52-58-70(6)10-4)94-77(82)62-56-50-44-38-34-30-24-22-20-19-21-23-27-31-35-39-45-51-57-69(5)9-3/h69-73,78H,7-68H2,1-6H3,(H,83,84)(H,85,86)/t69?,70?,71-,72+,73+/m0/s1. The van der Waals surface area contributed by atoms with Gasteiger partial charge in [-0.25, -0.2) is 9.13 Å². The lowest BCUT2D eigenvalue weighted by Crippen LogP contribution is -2.30. The molecule has 0 amide bonds. The van der Waals surface area contributed by atoms with E-state index in [1.165, 1.54) is 205 Å². The molecule has 96 heavy (non-hydrogen) atoms. The van der Waals surface area contributed by atoms with Crippen molar-refractivity contribution in [3.05, 3.63) is 0 Å². The number of rotatable bonds is 76. The maximum absolute atomic E-state index is 13.1. The molecule has 0 aliphatic heterocycles. The maximum atomic E-state index is 13.1. The van der Waals surface area contributed by atoms with E-state index in [2.05, 4.69) is 41.5 Å². The van der Waals surface area contributed by atoms with Gasteiger partial charge in [-0.15, -0.1) is 0 Å². The fourth-order valence-electron chi connectivity index (χ4n) is 11.8. The first-order chi connectivity index (χ1) is 46.4. The van der Waals surface area contributed by atoms with E-state index in [1.807, 2.05) is 0 Å². The summed E-state index contributed by atoms with van der Waals surface area (Å²) in [6.45, 7) is 9.66. The van der Waals surface area contributed by atoms with E-state index < -0.39 is 97.5 Å². The van der Waals surface area contributed by atoms with Crippen LogP contribution in [-0.4, -0.2) is 96.7 Å². The van der Waals surface area contributed by atoms with Crippen molar-refractivity contribution in [2.24, 2.45) is 11.8 Å². The molecule has 7 atom stereocenters. The van der Waals surface area contributed by atoms with Gasteiger partial charge in [0.25, 0.3) is 0 Å². The van der Waals surface area contributed by atoms with Gasteiger partial charge in [0.2, 0.25) is 0 Å². The van der Waals surface area contributed by atoms with Crippen molar-refractivity contribution >= 4 is 39.5 Å². The molecule has 0 aliphatic carbocycles. The smallest absolute Gasteiger partial charge is 0.462 e. The number of esters is 4. The van der Waals surface area contributed by atoms with Gasteiger partial charge in [-0.3, -0.25) is 37.3 Å². The Morgan fingerprint density at radius 2 is 0.500 bits per heavy atom.